The maximum absolute atomic E-state index is 10.8. The van der Waals surface area contributed by atoms with E-state index >= 15 is 0 Å². The van der Waals surface area contributed by atoms with Gasteiger partial charge < -0.3 is 14.9 Å². The van der Waals surface area contributed by atoms with E-state index < -0.39 is 4.92 Å². The summed E-state index contributed by atoms with van der Waals surface area (Å²) in [5.74, 6) is 0.384. The van der Waals surface area contributed by atoms with Crippen LogP contribution >= 0.6 is 11.3 Å². The molecule has 0 fully saturated rings. The first-order valence-electron chi connectivity index (χ1n) is 7.65. The van der Waals surface area contributed by atoms with Gasteiger partial charge in [-0.2, -0.15) is 5.10 Å². The summed E-state index contributed by atoms with van der Waals surface area (Å²) in [7, 11) is 0. The van der Waals surface area contributed by atoms with Crippen molar-refractivity contribution in [2.75, 3.05) is 5.43 Å². The maximum atomic E-state index is 10.8. The van der Waals surface area contributed by atoms with Gasteiger partial charge in [0, 0.05) is 10.9 Å². The molecule has 26 heavy (non-hydrogen) atoms. The average Bonchev–Trinajstić information content (AvgIpc) is 3.20. The van der Waals surface area contributed by atoms with E-state index in [4.69, 9.17) is 4.74 Å². The molecule has 0 saturated heterocycles. The van der Waals surface area contributed by atoms with Crippen LogP contribution in [0.15, 0.2) is 40.8 Å². The van der Waals surface area contributed by atoms with E-state index in [1.165, 1.54) is 22.1 Å². The second-order valence-corrected chi connectivity index (χ2v) is 6.23. The fourth-order valence-corrected chi connectivity index (χ4v) is 2.76. The van der Waals surface area contributed by atoms with Gasteiger partial charge in [0.2, 0.25) is 11.9 Å². The van der Waals surface area contributed by atoms with Gasteiger partial charge in [-0.3, -0.25) is 5.43 Å². The van der Waals surface area contributed by atoms with E-state index in [2.05, 4.69) is 20.6 Å². The number of anilines is 1. The lowest BCUT2D eigenvalue weighted by Gasteiger charge is -2.08. The highest BCUT2D eigenvalue weighted by Gasteiger charge is 2.15. The van der Waals surface area contributed by atoms with E-state index in [0.717, 1.165) is 11.3 Å². The molecule has 1 aromatic carbocycles. The second kappa shape index (κ2) is 7.74. The summed E-state index contributed by atoms with van der Waals surface area (Å²) in [6.45, 7) is 3.70. The molecule has 0 atom stereocenters. The van der Waals surface area contributed by atoms with E-state index in [-0.39, 0.29) is 12.5 Å². The molecule has 0 aliphatic carbocycles. The number of para-hydroxylation sites is 1. The van der Waals surface area contributed by atoms with Crippen molar-refractivity contribution < 1.29 is 9.66 Å². The highest BCUT2D eigenvalue weighted by molar-refractivity contribution is 7.13. The highest BCUT2D eigenvalue weighted by Crippen LogP contribution is 2.19. The zero-order valence-electron chi connectivity index (χ0n) is 14.1. The number of thiazole rings is 1. The summed E-state index contributed by atoms with van der Waals surface area (Å²) in [6.07, 6.45) is 1.63. The number of aromatic nitrogens is 3. The van der Waals surface area contributed by atoms with Crippen LogP contribution in [0, 0.1) is 24.0 Å². The molecule has 0 amide bonds. The lowest BCUT2D eigenvalue weighted by molar-refractivity contribution is -0.389. The normalized spacial score (nSPS) is 11.0. The largest absolute Gasteiger partial charge is 0.469 e. The Hall–Kier alpha value is -3.27. The van der Waals surface area contributed by atoms with E-state index in [1.807, 2.05) is 30.5 Å². The Morgan fingerprint density at radius 3 is 2.92 bits per heavy atom. The van der Waals surface area contributed by atoms with Gasteiger partial charge in [-0.25, -0.2) is 4.98 Å². The molecule has 0 saturated carbocycles. The molecule has 2 aromatic heterocycles. The Morgan fingerprint density at radius 1 is 1.42 bits per heavy atom. The molecule has 10 heteroatoms. The van der Waals surface area contributed by atoms with Crippen LogP contribution in [0.4, 0.5) is 10.9 Å². The number of nitro groups is 1. The minimum Gasteiger partial charge on any atom is -0.469 e. The SMILES string of the molecule is Cc1csc(NN=Cc2ccccc2OCn2nc([N+](=O)[O-])cc2C)n1. The van der Waals surface area contributed by atoms with Gasteiger partial charge in [-0.1, -0.05) is 12.1 Å². The third-order valence-electron chi connectivity index (χ3n) is 3.40. The van der Waals surface area contributed by atoms with Gasteiger partial charge in [0.05, 0.1) is 28.8 Å². The fourth-order valence-electron chi connectivity index (χ4n) is 2.12. The van der Waals surface area contributed by atoms with Crippen LogP contribution in [-0.4, -0.2) is 25.9 Å². The van der Waals surface area contributed by atoms with E-state index in [0.29, 0.717) is 16.6 Å². The Balaban J connectivity index is 1.68. The summed E-state index contributed by atoms with van der Waals surface area (Å²) in [4.78, 5) is 14.5. The van der Waals surface area contributed by atoms with Gasteiger partial charge in [0.15, 0.2) is 0 Å². The first kappa shape index (κ1) is 17.5. The van der Waals surface area contributed by atoms with Crippen LogP contribution in [0.25, 0.3) is 0 Å². The predicted octanol–water partition coefficient (Wildman–Crippen LogP) is 3.35. The van der Waals surface area contributed by atoms with Crippen molar-refractivity contribution in [2.24, 2.45) is 5.10 Å². The van der Waals surface area contributed by atoms with Crippen LogP contribution in [0.1, 0.15) is 17.0 Å². The van der Waals surface area contributed by atoms with Crippen molar-refractivity contribution in [3.8, 4) is 5.75 Å². The van der Waals surface area contributed by atoms with Crippen molar-refractivity contribution in [1.29, 1.82) is 0 Å². The molecule has 0 aliphatic rings. The number of benzene rings is 1. The number of hydrazone groups is 1. The molecule has 3 aromatic rings. The van der Waals surface area contributed by atoms with Gasteiger partial charge in [-0.05, 0) is 30.9 Å². The van der Waals surface area contributed by atoms with Gasteiger partial charge in [-0.15, -0.1) is 16.0 Å². The number of nitrogens with zero attached hydrogens (tertiary/aromatic N) is 5. The molecular formula is C16H16N6O3S. The number of aryl methyl sites for hydroxylation is 2. The number of ether oxygens (including phenoxy) is 1. The van der Waals surface area contributed by atoms with Crippen molar-refractivity contribution >= 4 is 28.5 Å². The summed E-state index contributed by atoms with van der Waals surface area (Å²) >= 11 is 1.47. The van der Waals surface area contributed by atoms with Crippen molar-refractivity contribution in [2.45, 2.75) is 20.6 Å². The standard InChI is InChI=1S/C16H16N6O3S/c1-11-9-26-16(18-11)19-17-8-13-5-3-4-6-14(13)25-10-21-12(2)7-15(20-21)22(23)24/h3-9H,10H2,1-2H3,(H,18,19). The van der Waals surface area contributed by atoms with Gasteiger partial charge >= 0.3 is 5.82 Å². The van der Waals surface area contributed by atoms with Crippen LogP contribution < -0.4 is 10.2 Å². The first-order chi connectivity index (χ1) is 12.5. The van der Waals surface area contributed by atoms with E-state index in [9.17, 15) is 10.1 Å². The Morgan fingerprint density at radius 2 is 2.23 bits per heavy atom. The molecule has 1 N–H and O–H groups in total. The minimum atomic E-state index is -0.532. The number of rotatable bonds is 7. The zero-order valence-corrected chi connectivity index (χ0v) is 14.9. The second-order valence-electron chi connectivity index (χ2n) is 5.38. The Kier molecular flexibility index (Phi) is 5.23. The fraction of sp³-hybridized carbons (Fsp3) is 0.188. The smallest absolute Gasteiger partial charge is 0.390 e. The van der Waals surface area contributed by atoms with E-state index in [1.54, 1.807) is 19.2 Å². The van der Waals surface area contributed by atoms with Crippen molar-refractivity contribution in [3.05, 3.63) is 62.8 Å². The summed E-state index contributed by atoms with van der Waals surface area (Å²) in [6, 6.07) is 8.75. The Bertz CT molecular complexity index is 949. The summed E-state index contributed by atoms with van der Waals surface area (Å²) in [5, 5.41) is 21.5. The predicted molar refractivity (Wildman–Crippen MR) is 98.8 cm³/mol. The minimum absolute atomic E-state index is 0.0592. The summed E-state index contributed by atoms with van der Waals surface area (Å²) in [5.41, 5.74) is 5.20. The lowest BCUT2D eigenvalue weighted by Crippen LogP contribution is -2.09. The van der Waals surface area contributed by atoms with Gasteiger partial charge in [0.25, 0.3) is 0 Å². The zero-order chi connectivity index (χ0) is 18.5. The molecule has 0 spiro atoms. The van der Waals surface area contributed by atoms with Crippen molar-refractivity contribution in [1.82, 2.24) is 14.8 Å². The third kappa shape index (κ3) is 4.22. The van der Waals surface area contributed by atoms with Crippen LogP contribution in [-0.2, 0) is 6.73 Å². The van der Waals surface area contributed by atoms with Crippen molar-refractivity contribution in [3.63, 3.8) is 0 Å². The number of nitrogens with one attached hydrogen (secondary N) is 1. The molecular weight excluding hydrogens is 356 g/mol. The molecule has 3 rings (SSSR count). The number of hydrogen-bond acceptors (Lipinski definition) is 8. The van der Waals surface area contributed by atoms with Crippen LogP contribution in [0.5, 0.6) is 5.75 Å². The monoisotopic (exact) mass is 372 g/mol. The summed E-state index contributed by atoms with van der Waals surface area (Å²) < 4.78 is 7.18. The molecule has 2 heterocycles. The maximum Gasteiger partial charge on any atom is 0.390 e. The van der Waals surface area contributed by atoms with Crippen LogP contribution in [0.3, 0.4) is 0 Å². The third-order valence-corrected chi connectivity index (χ3v) is 4.26. The van der Waals surface area contributed by atoms with Crippen LogP contribution in [0.2, 0.25) is 0 Å². The molecule has 9 nitrogen and oxygen atoms in total. The molecule has 0 unspecified atom stereocenters. The molecule has 134 valence electrons. The van der Waals surface area contributed by atoms with Gasteiger partial charge in [0.1, 0.15) is 5.75 Å². The molecule has 0 aliphatic heterocycles. The molecule has 0 radical (unpaired) electrons. The highest BCUT2D eigenvalue weighted by atomic mass is 32.1. The quantitative estimate of drug-likeness (QED) is 0.387. The lowest BCUT2D eigenvalue weighted by atomic mass is 10.2. The Labute approximate surface area is 153 Å². The average molecular weight is 372 g/mol. The number of hydrogen-bond donors (Lipinski definition) is 1. The topological polar surface area (TPSA) is 107 Å². The molecule has 0 bridgehead atoms. The first-order valence-corrected chi connectivity index (χ1v) is 8.53.